The van der Waals surface area contributed by atoms with Crippen molar-refractivity contribution in [1.29, 1.82) is 0 Å². The van der Waals surface area contributed by atoms with E-state index in [1.54, 1.807) is 6.07 Å². The Hall–Kier alpha value is -6.81. The summed E-state index contributed by atoms with van der Waals surface area (Å²) in [5.41, 5.74) is 4.01. The summed E-state index contributed by atoms with van der Waals surface area (Å²) in [4.78, 5) is 104. The lowest BCUT2D eigenvalue weighted by atomic mass is 9.97. The van der Waals surface area contributed by atoms with Crippen molar-refractivity contribution in [2.75, 3.05) is 29.6 Å². The molecule has 2 aromatic heterocycles. The minimum atomic E-state index is -4.52. The maximum absolute atomic E-state index is 13.2. The number of alkyl halides is 3. The van der Waals surface area contributed by atoms with Crippen LogP contribution in [0.15, 0.2) is 48.5 Å². The number of carbonyl (C=O) groups is 8. The lowest BCUT2D eigenvalue weighted by molar-refractivity contribution is -0.138. The summed E-state index contributed by atoms with van der Waals surface area (Å²) in [5.74, 6) is -1.68. The van der Waals surface area contributed by atoms with Gasteiger partial charge in [-0.3, -0.25) is 39.4 Å². The fraction of sp³-hybridized carbons (Fsp3) is 0.378. The second kappa shape index (κ2) is 19.6. The van der Waals surface area contributed by atoms with Crippen molar-refractivity contribution in [2.45, 2.75) is 96.8 Å². The van der Waals surface area contributed by atoms with Gasteiger partial charge in [0.25, 0.3) is 11.8 Å². The molecule has 4 aromatic rings. The van der Waals surface area contributed by atoms with Crippen LogP contribution >= 0.6 is 22.7 Å². The zero-order valence-electron chi connectivity index (χ0n) is 37.1. The van der Waals surface area contributed by atoms with E-state index in [0.29, 0.717) is 40.1 Å². The van der Waals surface area contributed by atoms with Crippen molar-refractivity contribution < 1.29 is 51.5 Å². The molecule has 8 rings (SSSR count). The van der Waals surface area contributed by atoms with Gasteiger partial charge in [-0.25, -0.2) is 9.59 Å². The van der Waals surface area contributed by atoms with E-state index in [1.807, 2.05) is 24.3 Å². The van der Waals surface area contributed by atoms with E-state index < -0.39 is 41.7 Å². The van der Waals surface area contributed by atoms with E-state index in [0.717, 1.165) is 27.8 Å². The van der Waals surface area contributed by atoms with Gasteiger partial charge in [0.05, 0.1) is 34.1 Å². The van der Waals surface area contributed by atoms with E-state index in [4.69, 9.17) is 0 Å². The number of piperidine rings is 2. The molecule has 4 aliphatic heterocycles. The molecule has 0 spiro atoms. The Labute approximate surface area is 390 Å². The number of aryl methyl sites for hydroxylation is 1. The molecule has 0 saturated carbocycles. The molecular formula is C45H48F3N9O8S2. The smallest absolute Gasteiger partial charge is 0.377 e. The van der Waals surface area contributed by atoms with E-state index >= 15 is 0 Å². The third kappa shape index (κ3) is 10.9. The zero-order valence-corrected chi connectivity index (χ0v) is 38.7. The largest absolute Gasteiger partial charge is 0.418 e. The van der Waals surface area contributed by atoms with Crippen molar-refractivity contribution >= 4 is 87.2 Å². The molecule has 22 heteroatoms. The average molecular weight is 964 g/mol. The minimum absolute atomic E-state index is 0.0796. The summed E-state index contributed by atoms with van der Waals surface area (Å²) >= 11 is 2.52. The van der Waals surface area contributed by atoms with Gasteiger partial charge in [-0.2, -0.15) is 13.2 Å². The molecule has 6 N–H and O–H groups in total. The number of thiophene rings is 2. The monoisotopic (exact) mass is 963 g/mol. The van der Waals surface area contributed by atoms with Crippen LogP contribution in [0.1, 0.15) is 102 Å². The highest BCUT2D eigenvalue weighted by Gasteiger charge is 2.42. The molecule has 10 amide bonds. The van der Waals surface area contributed by atoms with Gasteiger partial charge in [-0.05, 0) is 90.4 Å². The standard InChI is InChI=1S/C23H26N4O4S.C22H22F3N5O4S/c1-12(2)17-9-15(5-4-13(17)3)25-23(31)24-10-16-8-14-11-27(22(30)20(14)32-16)18-6-7-19(28)26-21(18)29;1-29(2)16-8-12(3-4-14(16)22(23,24)25)27-21(34)26-9-13-7-11-10-30(20(33)18(11)35-13)15-5-6-17(31)28-19(15)32/h4-5,8-9,12,18H,6-7,10-11H2,1-3H3,(H2,24,25,31)(H,26,28,29);3-4,7-8,15H,5-6,9-10H2,1-2H3,(H2,26,27,34)(H,28,31,32). The number of hydrogen-bond acceptors (Lipinski definition) is 11. The third-order valence-corrected chi connectivity index (χ3v) is 13.9. The van der Waals surface area contributed by atoms with Gasteiger partial charge in [0, 0.05) is 61.2 Å². The van der Waals surface area contributed by atoms with Crippen molar-refractivity contribution in [3.63, 3.8) is 0 Å². The summed E-state index contributed by atoms with van der Waals surface area (Å²) in [5, 5.41) is 15.4. The summed E-state index contributed by atoms with van der Waals surface area (Å²) in [6, 6.07) is 10.6. The first-order valence-corrected chi connectivity index (χ1v) is 22.9. The van der Waals surface area contributed by atoms with Crippen molar-refractivity contribution in [3.05, 3.63) is 95.9 Å². The van der Waals surface area contributed by atoms with Crippen LogP contribution < -0.4 is 36.8 Å². The predicted octanol–water partition coefficient (Wildman–Crippen LogP) is 6.18. The molecule has 2 fully saturated rings. The summed E-state index contributed by atoms with van der Waals surface area (Å²) < 4.78 is 39.6. The van der Waals surface area contributed by atoms with Crippen molar-refractivity contribution in [2.24, 2.45) is 0 Å². The van der Waals surface area contributed by atoms with Gasteiger partial charge in [0.1, 0.15) is 12.1 Å². The quantitative estimate of drug-likeness (QED) is 0.1000. The van der Waals surface area contributed by atoms with Gasteiger partial charge in [-0.15, -0.1) is 22.7 Å². The number of amides is 10. The minimum Gasteiger partial charge on any atom is -0.377 e. The van der Waals surface area contributed by atoms with E-state index in [9.17, 15) is 51.5 Å². The van der Waals surface area contributed by atoms with Crippen LogP contribution in [0.3, 0.4) is 0 Å². The Kier molecular flexibility index (Phi) is 14.1. The number of fused-ring (bicyclic) bond motifs is 2. The molecule has 2 unspecified atom stereocenters. The average Bonchev–Trinajstić information content (AvgIpc) is 4.01. The Bertz CT molecular complexity index is 2680. The fourth-order valence-electron chi connectivity index (χ4n) is 8.22. The highest BCUT2D eigenvalue weighted by Crippen LogP contribution is 2.38. The van der Waals surface area contributed by atoms with Gasteiger partial charge >= 0.3 is 18.2 Å². The highest BCUT2D eigenvalue weighted by molar-refractivity contribution is 7.14. The molecule has 67 heavy (non-hydrogen) atoms. The normalized spacial score (nSPS) is 17.9. The number of rotatable bonds is 10. The maximum Gasteiger partial charge on any atom is 0.418 e. The zero-order chi connectivity index (χ0) is 48.5. The van der Waals surface area contributed by atoms with Crippen LogP contribution in [0.2, 0.25) is 0 Å². The van der Waals surface area contributed by atoms with Crippen LogP contribution in [-0.2, 0) is 51.5 Å². The van der Waals surface area contributed by atoms with Crippen molar-refractivity contribution in [3.8, 4) is 0 Å². The SMILES string of the molecule is CN(C)c1cc(NC(=O)NCc2cc3c(s2)C(=O)N(C2CCC(=O)NC2=O)C3)ccc1C(F)(F)F.Cc1ccc(NC(=O)NCc2cc3c(s2)C(=O)N(C2CCC(=O)NC2=O)C3)cc1C(C)C. The highest BCUT2D eigenvalue weighted by atomic mass is 32.1. The van der Waals surface area contributed by atoms with E-state index in [1.165, 1.54) is 74.7 Å². The van der Waals surface area contributed by atoms with E-state index in [-0.39, 0.29) is 73.4 Å². The lowest BCUT2D eigenvalue weighted by Crippen LogP contribution is -2.52. The Balaban J connectivity index is 0.000000200. The van der Waals surface area contributed by atoms with Crippen LogP contribution in [0, 0.1) is 6.92 Å². The van der Waals surface area contributed by atoms with E-state index in [2.05, 4.69) is 52.7 Å². The maximum atomic E-state index is 13.2. The third-order valence-electron chi connectivity index (χ3n) is 11.5. The molecule has 354 valence electrons. The molecular weight excluding hydrogens is 916 g/mol. The van der Waals surface area contributed by atoms with Crippen molar-refractivity contribution in [1.82, 2.24) is 31.1 Å². The number of imide groups is 2. The van der Waals surface area contributed by atoms with Crippen LogP contribution in [0.25, 0.3) is 0 Å². The predicted molar refractivity (Wildman–Crippen MR) is 243 cm³/mol. The summed E-state index contributed by atoms with van der Waals surface area (Å²) in [7, 11) is 2.96. The molecule has 0 radical (unpaired) electrons. The van der Waals surface area contributed by atoms with Gasteiger partial charge < -0.3 is 36.0 Å². The molecule has 0 bridgehead atoms. The summed E-state index contributed by atoms with van der Waals surface area (Å²) in [6.45, 7) is 7.27. The number of nitrogens with zero attached hydrogens (tertiary/aromatic N) is 3. The lowest BCUT2D eigenvalue weighted by Gasteiger charge is -2.29. The Morgan fingerprint density at radius 3 is 1.61 bits per heavy atom. The first-order valence-electron chi connectivity index (χ1n) is 21.3. The van der Waals surface area contributed by atoms with Gasteiger partial charge in [0.15, 0.2) is 0 Å². The second-order valence-corrected chi connectivity index (χ2v) is 19.2. The van der Waals surface area contributed by atoms with Crippen LogP contribution in [0.5, 0.6) is 0 Å². The molecule has 0 aliphatic carbocycles. The fourth-order valence-corrected chi connectivity index (χ4v) is 10.4. The number of carbonyl (C=O) groups excluding carboxylic acids is 8. The molecule has 17 nitrogen and oxygen atoms in total. The topological polar surface area (TPSA) is 218 Å². The molecule has 2 atom stereocenters. The number of halogens is 3. The molecule has 4 aliphatic rings. The number of nitrogens with one attached hydrogen (secondary N) is 6. The first kappa shape index (κ1) is 48.1. The number of urea groups is 2. The number of benzene rings is 2. The number of anilines is 3. The summed E-state index contributed by atoms with van der Waals surface area (Å²) in [6.07, 6.45) is -3.49. The first-order chi connectivity index (χ1) is 31.7. The number of hydrogen-bond donors (Lipinski definition) is 6. The van der Waals surface area contributed by atoms with Crippen LogP contribution in [-0.4, -0.2) is 83.5 Å². The Morgan fingerprint density at radius 2 is 1.19 bits per heavy atom. The molecule has 6 heterocycles. The molecule has 2 saturated heterocycles. The second-order valence-electron chi connectivity index (χ2n) is 16.9. The van der Waals surface area contributed by atoms with Crippen LogP contribution in [0.4, 0.5) is 39.8 Å². The Morgan fingerprint density at radius 1 is 0.731 bits per heavy atom. The molecule has 2 aromatic carbocycles. The van der Waals surface area contributed by atoms with Gasteiger partial charge in [0.2, 0.25) is 23.6 Å². The van der Waals surface area contributed by atoms with Gasteiger partial charge in [-0.1, -0.05) is 19.9 Å².